The fraction of sp³-hybridized carbons (Fsp3) is 0.532. The number of fused-ring (bicyclic) bond motifs is 6. The van der Waals surface area contributed by atoms with E-state index in [2.05, 4.69) is 63.9 Å². The first-order valence-electron chi connectivity index (χ1n) is 22.2. The zero-order chi connectivity index (χ0) is 44.3. The summed E-state index contributed by atoms with van der Waals surface area (Å²) in [7, 11) is 5.62. The van der Waals surface area contributed by atoms with Crippen LogP contribution in [0.5, 0.6) is 0 Å². The minimum absolute atomic E-state index is 0.0154. The average Bonchev–Trinajstić information content (AvgIpc) is 4.15. The topological polar surface area (TPSA) is 193 Å². The second-order valence-corrected chi connectivity index (χ2v) is 18.3. The Morgan fingerprint density at radius 1 is 0.714 bits per heavy atom. The molecule has 4 aromatic rings. The number of carbonyl (C=O) groups is 4. The number of amides is 4. The van der Waals surface area contributed by atoms with Crippen molar-refractivity contribution in [3.05, 3.63) is 60.4 Å². The Morgan fingerprint density at radius 2 is 1.25 bits per heavy atom. The number of carbonyl (C=O) groups excluding carboxylic acids is 4. The molecule has 16 heteroatoms. The molecule has 1 unspecified atom stereocenters. The lowest BCUT2D eigenvalue weighted by atomic mass is 9.78. The standard InChI is InChI=1S/C47H58N8O8/c1-24(60-4)39(52-45(58)62-6)43(56)54-35-11-8-10-28(35)20-36(54)41-48-22-33(50-41)26-13-15-29-31(18-26)30-16-14-27(19-32(29)30)34-23-49-42(51-34)37-21-47(3)17-9-12-38(47)55(37)44(57)40(25(2)61-5)53-46(59)63-7/h13-16,18-19,22-25,28,35-40H,8-12,17,20-21H2,1-7H3,(H,48,50)(H,49,51)(H,52,58)(H,53,59)/t24-,25-,28+,35+,36+,37+,38+,39?,40+,47+/m1/s1. The molecule has 2 aliphatic heterocycles. The van der Waals surface area contributed by atoms with Gasteiger partial charge in [-0.15, -0.1) is 0 Å². The van der Waals surface area contributed by atoms with Gasteiger partial charge in [-0.25, -0.2) is 19.6 Å². The highest BCUT2D eigenvalue weighted by Crippen LogP contribution is 2.56. The molecule has 3 aliphatic carbocycles. The predicted molar refractivity (Wildman–Crippen MR) is 233 cm³/mol. The molecule has 2 aromatic carbocycles. The molecular formula is C47H58N8O8. The predicted octanol–water partition coefficient (Wildman–Crippen LogP) is 6.91. The number of methoxy groups -OCH3 is 4. The lowest BCUT2D eigenvalue weighted by Gasteiger charge is -2.35. The van der Waals surface area contributed by atoms with Gasteiger partial charge in [0.15, 0.2) is 0 Å². The summed E-state index contributed by atoms with van der Waals surface area (Å²) in [6, 6.07) is 10.5. The summed E-state index contributed by atoms with van der Waals surface area (Å²) in [4.78, 5) is 74.0. The Labute approximate surface area is 367 Å². The fourth-order valence-corrected chi connectivity index (χ4v) is 11.4. The van der Waals surface area contributed by atoms with E-state index in [4.69, 9.17) is 28.9 Å². The van der Waals surface area contributed by atoms with E-state index < -0.39 is 36.5 Å². The largest absolute Gasteiger partial charge is 0.453 e. The van der Waals surface area contributed by atoms with Crippen LogP contribution in [-0.4, -0.2) is 119 Å². The molecule has 5 aliphatic rings. The van der Waals surface area contributed by atoms with E-state index in [1.807, 2.05) is 22.2 Å². The fourth-order valence-electron chi connectivity index (χ4n) is 11.4. The zero-order valence-corrected chi connectivity index (χ0v) is 37.0. The molecular weight excluding hydrogens is 805 g/mol. The first-order chi connectivity index (χ1) is 30.4. The van der Waals surface area contributed by atoms with Crippen LogP contribution in [0.2, 0.25) is 0 Å². The molecule has 4 fully saturated rings. The third-order valence-electron chi connectivity index (χ3n) is 14.9. The Hall–Kier alpha value is -5.74. The number of nitrogens with zero attached hydrogens (tertiary/aromatic N) is 4. The molecule has 0 bridgehead atoms. The van der Waals surface area contributed by atoms with Crippen LogP contribution < -0.4 is 10.6 Å². The van der Waals surface area contributed by atoms with Crippen molar-refractivity contribution in [2.24, 2.45) is 11.3 Å². The van der Waals surface area contributed by atoms with Crippen LogP contribution in [0.25, 0.3) is 44.8 Å². The van der Waals surface area contributed by atoms with Gasteiger partial charge in [0.2, 0.25) is 11.8 Å². The maximum absolute atomic E-state index is 14.4. The number of aromatic amines is 2. The minimum atomic E-state index is -0.916. The summed E-state index contributed by atoms with van der Waals surface area (Å²) in [5.74, 6) is 1.41. The summed E-state index contributed by atoms with van der Waals surface area (Å²) in [6.45, 7) is 5.80. The smallest absolute Gasteiger partial charge is 0.407 e. The lowest BCUT2D eigenvalue weighted by Crippen LogP contribution is -2.56. The van der Waals surface area contributed by atoms with Crippen LogP contribution in [-0.2, 0) is 28.5 Å². The van der Waals surface area contributed by atoms with E-state index in [0.717, 1.165) is 108 Å². The normalized spacial score (nSPS) is 26.1. The molecule has 4 N–H and O–H groups in total. The van der Waals surface area contributed by atoms with E-state index in [9.17, 15) is 19.2 Å². The molecule has 2 aromatic heterocycles. The van der Waals surface area contributed by atoms with Crippen molar-refractivity contribution in [3.8, 4) is 44.8 Å². The molecule has 16 nitrogen and oxygen atoms in total. The first-order valence-corrected chi connectivity index (χ1v) is 22.2. The number of ether oxygens (including phenoxy) is 4. The number of imidazole rings is 2. The summed E-state index contributed by atoms with van der Waals surface area (Å²) in [6.07, 6.45) is 8.71. The van der Waals surface area contributed by atoms with Gasteiger partial charge in [0.1, 0.15) is 23.7 Å². The Balaban J connectivity index is 0.935. The summed E-state index contributed by atoms with van der Waals surface area (Å²) >= 11 is 0. The maximum atomic E-state index is 14.4. The van der Waals surface area contributed by atoms with Crippen LogP contribution in [0.1, 0.15) is 95.9 Å². The number of benzene rings is 2. The molecule has 63 heavy (non-hydrogen) atoms. The van der Waals surface area contributed by atoms with Crippen molar-refractivity contribution in [3.63, 3.8) is 0 Å². The van der Waals surface area contributed by atoms with Crippen LogP contribution in [0, 0.1) is 11.3 Å². The van der Waals surface area contributed by atoms with Crippen LogP contribution in [0.3, 0.4) is 0 Å². The van der Waals surface area contributed by atoms with Gasteiger partial charge in [-0.05, 0) is 98.1 Å². The second kappa shape index (κ2) is 16.8. The second-order valence-electron chi connectivity index (χ2n) is 18.3. The van der Waals surface area contributed by atoms with Crippen LogP contribution >= 0.6 is 0 Å². The molecule has 0 radical (unpaired) electrons. The molecule has 10 atom stereocenters. The Kier molecular flexibility index (Phi) is 11.3. The van der Waals surface area contributed by atoms with E-state index in [1.54, 1.807) is 13.8 Å². The van der Waals surface area contributed by atoms with Crippen molar-refractivity contribution >= 4 is 24.0 Å². The SMILES string of the molecule is COC(=O)NC(C(=O)N1[C@H](c2ncc(-c3ccc4c(c3)-c3ccc(-c5cnc([C@@H]6C[C@]7(C)CCC[C@@H]7N6C(=O)[C@@H](NC(=O)OC)[C@@H](C)OC)[nH]5)cc3-4)[nH]2)C[C@@H]2CCC[C@@H]21)[C@@H](C)OC. The minimum Gasteiger partial charge on any atom is -0.453 e. The van der Waals surface area contributed by atoms with E-state index in [0.29, 0.717) is 5.92 Å². The van der Waals surface area contributed by atoms with Crippen molar-refractivity contribution in [2.75, 3.05) is 28.4 Å². The van der Waals surface area contributed by atoms with E-state index in [1.165, 1.54) is 28.4 Å². The van der Waals surface area contributed by atoms with Crippen molar-refractivity contribution in [2.45, 2.75) is 121 Å². The van der Waals surface area contributed by atoms with Crippen molar-refractivity contribution in [1.29, 1.82) is 0 Å². The van der Waals surface area contributed by atoms with E-state index in [-0.39, 0.29) is 41.4 Å². The lowest BCUT2D eigenvalue weighted by molar-refractivity contribution is -0.141. The summed E-state index contributed by atoms with van der Waals surface area (Å²) in [5.41, 5.74) is 8.23. The number of H-pyrrole nitrogens is 2. The third kappa shape index (κ3) is 7.34. The third-order valence-corrected chi connectivity index (χ3v) is 14.9. The van der Waals surface area contributed by atoms with Crippen LogP contribution in [0.4, 0.5) is 9.59 Å². The number of nitrogens with one attached hydrogen (secondary N) is 4. The number of hydrogen-bond acceptors (Lipinski definition) is 10. The highest BCUT2D eigenvalue weighted by atomic mass is 16.5. The molecule has 0 spiro atoms. The molecule has 334 valence electrons. The monoisotopic (exact) mass is 862 g/mol. The van der Waals surface area contributed by atoms with Gasteiger partial charge in [0.05, 0.1) is 62.3 Å². The van der Waals surface area contributed by atoms with Crippen molar-refractivity contribution < 1.29 is 38.1 Å². The molecule has 9 rings (SSSR count). The summed E-state index contributed by atoms with van der Waals surface area (Å²) < 4.78 is 20.8. The van der Waals surface area contributed by atoms with Gasteiger partial charge in [-0.3, -0.25) is 9.59 Å². The Morgan fingerprint density at radius 3 is 1.79 bits per heavy atom. The molecule has 4 amide bonds. The van der Waals surface area contributed by atoms with Gasteiger partial charge < -0.3 is 49.3 Å². The first kappa shape index (κ1) is 42.6. The number of likely N-dealkylation sites (tertiary alicyclic amines) is 2. The molecule has 2 saturated carbocycles. The van der Waals surface area contributed by atoms with Gasteiger partial charge in [0.25, 0.3) is 0 Å². The Bertz CT molecular complexity index is 2410. The van der Waals surface area contributed by atoms with E-state index >= 15 is 0 Å². The van der Waals surface area contributed by atoms with Gasteiger partial charge in [-0.2, -0.15) is 0 Å². The quantitative estimate of drug-likeness (QED) is 0.103. The highest BCUT2D eigenvalue weighted by molar-refractivity contribution is 6.04. The number of hydrogen-bond donors (Lipinski definition) is 4. The van der Waals surface area contributed by atoms with Crippen molar-refractivity contribution in [1.82, 2.24) is 40.4 Å². The number of rotatable bonds is 12. The summed E-state index contributed by atoms with van der Waals surface area (Å²) in [5, 5.41) is 5.44. The maximum Gasteiger partial charge on any atom is 0.407 e. The number of aromatic nitrogens is 4. The van der Waals surface area contributed by atoms with Crippen LogP contribution in [0.15, 0.2) is 48.8 Å². The average molecular weight is 863 g/mol. The van der Waals surface area contributed by atoms with Gasteiger partial charge in [0, 0.05) is 37.4 Å². The van der Waals surface area contributed by atoms with Gasteiger partial charge in [-0.1, -0.05) is 44.0 Å². The van der Waals surface area contributed by atoms with Gasteiger partial charge >= 0.3 is 12.2 Å². The molecule has 2 saturated heterocycles. The number of alkyl carbamates (subject to hydrolysis) is 2. The zero-order valence-electron chi connectivity index (χ0n) is 37.0. The highest BCUT2D eigenvalue weighted by Gasteiger charge is 2.56. The molecule has 4 heterocycles.